The predicted molar refractivity (Wildman–Crippen MR) is 140 cm³/mol. The van der Waals surface area contributed by atoms with Gasteiger partial charge >= 0.3 is 5.97 Å². The minimum Gasteiger partial charge on any atom is -0.489 e. The van der Waals surface area contributed by atoms with Gasteiger partial charge in [0.05, 0.1) is 11.8 Å². The summed E-state index contributed by atoms with van der Waals surface area (Å²) in [6, 6.07) is 28.2. The summed E-state index contributed by atoms with van der Waals surface area (Å²) >= 11 is 5.87. The van der Waals surface area contributed by atoms with E-state index in [4.69, 9.17) is 21.1 Å². The van der Waals surface area contributed by atoms with Crippen LogP contribution >= 0.6 is 11.6 Å². The first-order valence-corrected chi connectivity index (χ1v) is 11.5. The van der Waals surface area contributed by atoms with Crippen LogP contribution < -0.4 is 14.9 Å². The van der Waals surface area contributed by atoms with Crippen molar-refractivity contribution in [3.05, 3.63) is 130 Å². The zero-order valence-electron chi connectivity index (χ0n) is 19.5. The molecule has 1 N–H and O–H groups in total. The summed E-state index contributed by atoms with van der Waals surface area (Å²) in [6.45, 7) is 2.33. The minimum absolute atomic E-state index is 0.333. The fraction of sp³-hybridized carbons (Fsp3) is 0.0690. The quantitative estimate of drug-likeness (QED) is 0.135. The third-order valence-electron chi connectivity index (χ3n) is 5.19. The molecule has 4 aromatic carbocycles. The van der Waals surface area contributed by atoms with E-state index in [1.54, 1.807) is 72.8 Å². The second-order valence-electron chi connectivity index (χ2n) is 7.96. The van der Waals surface area contributed by atoms with Gasteiger partial charge in [-0.25, -0.2) is 10.2 Å². The maximum Gasteiger partial charge on any atom is 0.343 e. The summed E-state index contributed by atoms with van der Waals surface area (Å²) in [5, 5.41) is 4.65. The number of aryl methyl sites for hydroxylation is 1. The maximum absolute atomic E-state index is 12.4. The van der Waals surface area contributed by atoms with Gasteiger partial charge in [0.2, 0.25) is 0 Å². The standard InChI is InChI=1S/C29H23ClN2O4/c1-20-2-8-24(9-3-20)29(34)36-27-14-6-21(7-15-27)18-31-32-28(33)23-10-4-22(5-11-23)19-35-26-16-12-25(30)13-17-26/h2-18H,19H2,1H3,(H,32,33)/b31-18-. The molecule has 180 valence electrons. The van der Waals surface area contributed by atoms with Crippen molar-refractivity contribution in [2.45, 2.75) is 13.5 Å². The Bertz CT molecular complexity index is 1350. The molecule has 0 aliphatic rings. The first-order valence-electron chi connectivity index (χ1n) is 11.2. The van der Waals surface area contributed by atoms with Crippen LogP contribution in [0.5, 0.6) is 11.5 Å². The number of hydrogen-bond acceptors (Lipinski definition) is 5. The average Bonchev–Trinajstić information content (AvgIpc) is 2.90. The molecule has 4 rings (SSSR count). The summed E-state index contributed by atoms with van der Waals surface area (Å²) in [5.41, 5.74) is 6.19. The van der Waals surface area contributed by atoms with Gasteiger partial charge in [-0.1, -0.05) is 41.4 Å². The van der Waals surface area contributed by atoms with Gasteiger partial charge in [0, 0.05) is 10.6 Å². The molecule has 4 aromatic rings. The Morgan fingerprint density at radius 2 is 1.42 bits per heavy atom. The molecule has 0 aromatic heterocycles. The number of nitrogens with zero attached hydrogens (tertiary/aromatic N) is 1. The number of ether oxygens (including phenoxy) is 2. The van der Waals surface area contributed by atoms with Crippen molar-refractivity contribution in [1.82, 2.24) is 5.43 Å². The molecule has 0 aliphatic carbocycles. The number of nitrogens with one attached hydrogen (secondary N) is 1. The monoisotopic (exact) mass is 498 g/mol. The SMILES string of the molecule is Cc1ccc(C(=O)Oc2ccc(/C=N\NC(=O)c3ccc(COc4ccc(Cl)cc4)cc3)cc2)cc1. The molecule has 0 radical (unpaired) electrons. The second kappa shape index (κ2) is 11.8. The smallest absolute Gasteiger partial charge is 0.343 e. The molecule has 36 heavy (non-hydrogen) atoms. The van der Waals surface area contributed by atoms with E-state index < -0.39 is 5.97 Å². The lowest BCUT2D eigenvalue weighted by molar-refractivity contribution is 0.0734. The molecule has 0 atom stereocenters. The van der Waals surface area contributed by atoms with Crippen molar-refractivity contribution < 1.29 is 19.1 Å². The molecule has 0 saturated carbocycles. The van der Waals surface area contributed by atoms with Crippen molar-refractivity contribution in [2.75, 3.05) is 0 Å². The lowest BCUT2D eigenvalue weighted by Gasteiger charge is -2.07. The van der Waals surface area contributed by atoms with Gasteiger partial charge in [0.1, 0.15) is 18.1 Å². The lowest BCUT2D eigenvalue weighted by Crippen LogP contribution is -2.17. The summed E-state index contributed by atoms with van der Waals surface area (Å²) < 4.78 is 11.1. The van der Waals surface area contributed by atoms with E-state index in [1.165, 1.54) is 6.21 Å². The van der Waals surface area contributed by atoms with E-state index in [0.717, 1.165) is 16.7 Å². The summed E-state index contributed by atoms with van der Waals surface area (Å²) in [4.78, 5) is 24.6. The predicted octanol–water partition coefficient (Wildman–Crippen LogP) is 6.21. The molecule has 0 spiro atoms. The number of carbonyl (C=O) groups excluding carboxylic acids is 2. The Kier molecular flexibility index (Phi) is 8.11. The van der Waals surface area contributed by atoms with Crippen LogP contribution in [0.1, 0.15) is 37.4 Å². The Hall–Kier alpha value is -4.42. The number of halogens is 1. The molecule has 0 fully saturated rings. The molecular formula is C29H23ClN2O4. The summed E-state index contributed by atoms with van der Waals surface area (Å²) in [5.74, 6) is 0.376. The van der Waals surface area contributed by atoms with Gasteiger partial charge in [-0.05, 0) is 90.8 Å². The molecule has 6 nitrogen and oxygen atoms in total. The van der Waals surface area contributed by atoms with E-state index in [2.05, 4.69) is 10.5 Å². The Labute approximate surface area is 214 Å². The van der Waals surface area contributed by atoms with Gasteiger partial charge in [-0.15, -0.1) is 0 Å². The number of amides is 1. The summed E-state index contributed by atoms with van der Waals surface area (Å²) in [7, 11) is 0. The molecule has 7 heteroatoms. The van der Waals surface area contributed by atoms with E-state index in [1.807, 2.05) is 31.2 Å². The Morgan fingerprint density at radius 1 is 0.806 bits per heavy atom. The summed E-state index contributed by atoms with van der Waals surface area (Å²) in [6.07, 6.45) is 1.51. The molecule has 0 unspecified atom stereocenters. The molecule has 1 amide bonds. The number of hydrogen-bond donors (Lipinski definition) is 1. The second-order valence-corrected chi connectivity index (χ2v) is 8.40. The zero-order chi connectivity index (χ0) is 25.3. The third-order valence-corrected chi connectivity index (χ3v) is 5.44. The first kappa shape index (κ1) is 24.7. The maximum atomic E-state index is 12.4. The van der Waals surface area contributed by atoms with E-state index in [-0.39, 0.29) is 5.91 Å². The van der Waals surface area contributed by atoms with Gasteiger partial charge in [0.15, 0.2) is 0 Å². The van der Waals surface area contributed by atoms with E-state index in [0.29, 0.717) is 34.3 Å². The van der Waals surface area contributed by atoms with Gasteiger partial charge in [-0.3, -0.25) is 4.79 Å². The fourth-order valence-electron chi connectivity index (χ4n) is 3.16. The highest BCUT2D eigenvalue weighted by Crippen LogP contribution is 2.17. The Balaban J connectivity index is 1.25. The van der Waals surface area contributed by atoms with Gasteiger partial charge in [-0.2, -0.15) is 5.10 Å². The highest BCUT2D eigenvalue weighted by atomic mass is 35.5. The van der Waals surface area contributed by atoms with Crippen LogP contribution in [0.4, 0.5) is 0 Å². The minimum atomic E-state index is -0.425. The lowest BCUT2D eigenvalue weighted by atomic mass is 10.1. The van der Waals surface area contributed by atoms with E-state index in [9.17, 15) is 9.59 Å². The van der Waals surface area contributed by atoms with Gasteiger partial charge in [0.25, 0.3) is 5.91 Å². The number of carbonyl (C=O) groups is 2. The molecular weight excluding hydrogens is 476 g/mol. The largest absolute Gasteiger partial charge is 0.489 e. The van der Waals surface area contributed by atoms with Crippen LogP contribution in [0.25, 0.3) is 0 Å². The van der Waals surface area contributed by atoms with Crippen LogP contribution in [-0.2, 0) is 6.61 Å². The van der Waals surface area contributed by atoms with Crippen molar-refractivity contribution >= 4 is 29.7 Å². The van der Waals surface area contributed by atoms with Crippen LogP contribution in [0, 0.1) is 6.92 Å². The molecule has 0 heterocycles. The van der Waals surface area contributed by atoms with Crippen molar-refractivity contribution in [3.63, 3.8) is 0 Å². The zero-order valence-corrected chi connectivity index (χ0v) is 20.2. The van der Waals surface area contributed by atoms with Crippen LogP contribution in [0.15, 0.2) is 102 Å². The number of benzene rings is 4. The van der Waals surface area contributed by atoms with Crippen molar-refractivity contribution in [2.24, 2.45) is 5.10 Å². The van der Waals surface area contributed by atoms with E-state index >= 15 is 0 Å². The van der Waals surface area contributed by atoms with Gasteiger partial charge < -0.3 is 9.47 Å². The van der Waals surface area contributed by atoms with Crippen molar-refractivity contribution in [1.29, 1.82) is 0 Å². The average molecular weight is 499 g/mol. The highest BCUT2D eigenvalue weighted by Gasteiger charge is 2.08. The van der Waals surface area contributed by atoms with Crippen LogP contribution in [-0.4, -0.2) is 18.1 Å². The molecule has 0 saturated heterocycles. The Morgan fingerprint density at radius 3 is 2.08 bits per heavy atom. The third kappa shape index (κ3) is 7.04. The molecule has 0 bridgehead atoms. The number of rotatable bonds is 8. The first-order chi connectivity index (χ1) is 17.5. The number of esters is 1. The normalized spacial score (nSPS) is 10.7. The van der Waals surface area contributed by atoms with Crippen LogP contribution in [0.3, 0.4) is 0 Å². The van der Waals surface area contributed by atoms with Crippen LogP contribution in [0.2, 0.25) is 5.02 Å². The number of hydrazone groups is 1. The fourth-order valence-corrected chi connectivity index (χ4v) is 3.28. The topological polar surface area (TPSA) is 77.0 Å². The van der Waals surface area contributed by atoms with Crippen molar-refractivity contribution in [3.8, 4) is 11.5 Å². The highest BCUT2D eigenvalue weighted by molar-refractivity contribution is 6.30. The molecule has 0 aliphatic heterocycles.